The molecule has 0 saturated carbocycles. The Morgan fingerprint density at radius 2 is 2.00 bits per heavy atom. The molecule has 76 valence electrons. The van der Waals surface area contributed by atoms with Crippen LogP contribution in [0.1, 0.15) is 0 Å². The molecule has 12 heavy (non-hydrogen) atoms. The number of rotatable bonds is 8. The molecule has 8 N–H and O–H groups in total. The Morgan fingerprint density at radius 3 is 2.58 bits per heavy atom. The zero-order valence-corrected chi connectivity index (χ0v) is 7.72. The van der Waals surface area contributed by atoms with E-state index in [4.69, 9.17) is 9.28 Å². The van der Waals surface area contributed by atoms with Crippen LogP contribution in [0.4, 0.5) is 0 Å². The van der Waals surface area contributed by atoms with Crippen molar-refractivity contribution in [2.75, 3.05) is 0 Å². The van der Waals surface area contributed by atoms with E-state index in [-0.39, 0.29) is 0 Å². The molecule has 0 atom stereocenters. The van der Waals surface area contributed by atoms with Crippen molar-refractivity contribution < 1.29 is 43.5 Å². The minimum atomic E-state index is -1.40. The first kappa shape index (κ1) is 12.3. The second-order valence-electron chi connectivity index (χ2n) is 1.00. The van der Waals surface area contributed by atoms with E-state index in [9.17, 15) is 0 Å². The summed E-state index contributed by atoms with van der Waals surface area (Å²) in [6.45, 7) is 0. The fourth-order valence-corrected chi connectivity index (χ4v) is 0.324. The van der Waals surface area contributed by atoms with Crippen LogP contribution in [0.5, 0.6) is 0 Å². The molecule has 0 rings (SSSR count). The molecule has 0 aromatic rings. The van der Waals surface area contributed by atoms with Gasteiger partial charge in [-0.25, -0.2) is 0 Å². The van der Waals surface area contributed by atoms with Gasteiger partial charge in [0.25, 0.3) is 0 Å². The van der Waals surface area contributed by atoms with Crippen LogP contribution in [0, 0.1) is 0 Å². The van der Waals surface area contributed by atoms with Crippen LogP contribution in [0.25, 0.3) is 0 Å². The molecule has 0 unspecified atom stereocenters. The quantitative estimate of drug-likeness (QED) is 0.110. The maximum absolute atomic E-state index is 8.17. The zero-order valence-electron chi connectivity index (χ0n) is 5.56. The number of hydrazine groups is 2. The van der Waals surface area contributed by atoms with Crippen molar-refractivity contribution in [1.82, 2.24) is 22.2 Å². The fourth-order valence-electron chi connectivity index (χ4n) is 0.163. The number of nitrogens with zero attached hydrogens (tertiary/aromatic N) is 1. The molecule has 0 aromatic heterocycles. The molecule has 0 fully saturated rings. The average molecular weight is 299 g/mol. The third-order valence-electron chi connectivity index (χ3n) is 0.421. The summed E-state index contributed by atoms with van der Waals surface area (Å²) in [6, 6.07) is 0. The number of nitrogens with one attached hydrogen (secondary N) is 3. The third kappa shape index (κ3) is 8.39. The van der Waals surface area contributed by atoms with Gasteiger partial charge in [0, 0.05) is 0 Å². The first-order chi connectivity index (χ1) is 5.81. The molecule has 12 heteroatoms. The molecule has 0 radical (unpaired) electrons. The summed E-state index contributed by atoms with van der Waals surface area (Å²) in [5, 5.41) is 0.302. The molecular formula is H8IN6O5-. The van der Waals surface area contributed by atoms with Gasteiger partial charge < -0.3 is 0 Å². The van der Waals surface area contributed by atoms with Gasteiger partial charge in [0.15, 0.2) is 0 Å². The van der Waals surface area contributed by atoms with Gasteiger partial charge >= 0.3 is 77.3 Å². The van der Waals surface area contributed by atoms with Crippen LogP contribution in [-0.4, -0.2) is 8.77 Å². The van der Waals surface area contributed by atoms with Gasteiger partial charge in [0.1, 0.15) is 0 Å². The van der Waals surface area contributed by atoms with E-state index in [2.05, 4.69) is 23.8 Å². The molecule has 0 aliphatic heterocycles. The Kier molecular flexibility index (Phi) is 9.61. The summed E-state index contributed by atoms with van der Waals surface area (Å²) in [5.74, 6) is 9.57. The normalized spacial score (nSPS) is 11.3. The van der Waals surface area contributed by atoms with Crippen molar-refractivity contribution in [3.8, 4) is 0 Å². The van der Waals surface area contributed by atoms with Crippen LogP contribution >= 0.6 is 0 Å². The molecule has 0 aliphatic rings. The molecule has 0 amide bonds. The summed E-state index contributed by atoms with van der Waals surface area (Å²) in [7, 11) is 0. The second-order valence-corrected chi connectivity index (χ2v) is 1.83. The fraction of sp³-hybridized carbons (Fsp3) is 0. The Balaban J connectivity index is 3.04. The van der Waals surface area contributed by atoms with Gasteiger partial charge in [0.05, 0.1) is 0 Å². The van der Waals surface area contributed by atoms with E-state index >= 15 is 0 Å². The van der Waals surface area contributed by atoms with Gasteiger partial charge in [0.2, 0.25) is 0 Å². The summed E-state index contributed by atoms with van der Waals surface area (Å²) in [5.41, 5.74) is 5.27. The molecule has 11 nitrogen and oxygen atoms in total. The van der Waals surface area contributed by atoms with Crippen molar-refractivity contribution in [2.24, 2.45) is 11.7 Å². The molecule has 0 spiro atoms. The average Bonchev–Trinajstić information content (AvgIpc) is 2.06. The summed E-state index contributed by atoms with van der Waals surface area (Å²) >= 11 is -1.40. The Hall–Kier alpha value is 0.290. The third-order valence-corrected chi connectivity index (χ3v) is 0.798. The summed E-state index contributed by atoms with van der Waals surface area (Å²) in [6.07, 6.45) is 0. The molecule has 0 saturated heterocycles. The van der Waals surface area contributed by atoms with E-state index in [0.717, 1.165) is 0 Å². The van der Waals surface area contributed by atoms with Crippen LogP contribution in [0.15, 0.2) is 0 Å². The van der Waals surface area contributed by atoms with Crippen molar-refractivity contribution in [2.45, 2.75) is 0 Å². The molecule has 0 aliphatic carbocycles. The maximum atomic E-state index is 8.17. The van der Waals surface area contributed by atoms with Crippen LogP contribution in [0.3, 0.4) is 0 Å². The van der Waals surface area contributed by atoms with Crippen molar-refractivity contribution in [1.29, 1.82) is 0 Å². The van der Waals surface area contributed by atoms with Gasteiger partial charge in [-0.3, -0.25) is 0 Å². The Morgan fingerprint density at radius 1 is 1.33 bits per heavy atom. The van der Waals surface area contributed by atoms with E-state index in [0.29, 0.717) is 5.34 Å². The van der Waals surface area contributed by atoms with Crippen molar-refractivity contribution >= 4 is 0 Å². The second kappa shape index (κ2) is 9.38. The molecule has 0 heterocycles. The minimum absolute atomic E-state index is 0.302. The monoisotopic (exact) mass is 299 g/mol. The van der Waals surface area contributed by atoms with Crippen molar-refractivity contribution in [3.05, 3.63) is 0 Å². The molecular weight excluding hydrogens is 291 g/mol. The van der Waals surface area contributed by atoms with Gasteiger partial charge in [-0.15, -0.1) is 0 Å². The SMILES string of the molecule is NNONON(N)ONO[I-]O. The first-order valence-electron chi connectivity index (χ1n) is 2.26. The Bertz CT molecular complexity index is 82.0. The van der Waals surface area contributed by atoms with Gasteiger partial charge in [-0.2, -0.15) is 0 Å². The van der Waals surface area contributed by atoms with Crippen LogP contribution in [0.2, 0.25) is 0 Å². The predicted octanol–water partition coefficient (Wildman–Crippen LogP) is -6.81. The van der Waals surface area contributed by atoms with E-state index in [1.54, 1.807) is 16.9 Å². The number of halogens is 1. The van der Waals surface area contributed by atoms with Gasteiger partial charge in [-0.05, 0) is 0 Å². The molecule has 0 aromatic carbocycles. The topological polar surface area (TPSA) is 149 Å². The number of nitrogens with two attached hydrogens (primary N) is 2. The predicted molar refractivity (Wildman–Crippen MR) is 26.2 cm³/mol. The summed E-state index contributed by atoms with van der Waals surface area (Å²) < 4.78 is 12.4. The van der Waals surface area contributed by atoms with E-state index < -0.39 is 22.0 Å². The summed E-state index contributed by atoms with van der Waals surface area (Å²) in [4.78, 5) is 12.4. The van der Waals surface area contributed by atoms with E-state index in [1.165, 1.54) is 0 Å². The first-order valence-corrected chi connectivity index (χ1v) is 4.10. The van der Waals surface area contributed by atoms with Crippen LogP contribution < -0.4 is 50.6 Å². The van der Waals surface area contributed by atoms with Crippen molar-refractivity contribution in [3.63, 3.8) is 0 Å². The van der Waals surface area contributed by atoms with Gasteiger partial charge in [-0.1, -0.05) is 0 Å². The molecule has 0 bridgehead atoms. The number of hydrogen-bond donors (Lipinski definition) is 6. The van der Waals surface area contributed by atoms with Crippen LogP contribution in [-0.2, 0) is 18.0 Å². The Labute approximate surface area is 77.8 Å². The zero-order chi connectivity index (χ0) is 9.23. The number of hydrogen-bond acceptors (Lipinski definition) is 11. The van der Waals surface area contributed by atoms with E-state index in [1.807, 2.05) is 0 Å². The standard InChI is InChI=1S/H8IN6O5/c2-4-10-6-12-7(3)11-5-9-1-8/h4-6,8H,2-3H2/q-1.